The standard InChI is InChI=1S/C6H7.C4H10N.C2H7Si.2ClH.Hf/c1-6-4-2-3-5-6;1-3-4(2)5;1-3-2;;;/h4-5H,2H2,1H3;4-5H,3H2,1-2H3;3H,1-2H3;2*1H;/q2*-1;;;;+4/p-2. The first-order chi connectivity index (χ1) is 6.58. The normalized spacial score (nSPS) is 12.0. The Labute approximate surface area is 142 Å². The fraction of sp³-hybridized carbons (Fsp3) is 0.667. The van der Waals surface area contributed by atoms with Crippen LogP contribution in [-0.4, -0.2) is 15.6 Å². The van der Waals surface area contributed by atoms with Crippen molar-refractivity contribution in [1.82, 2.24) is 0 Å². The second kappa shape index (κ2) is 25.8. The third-order valence-electron chi connectivity index (χ3n) is 1.48. The van der Waals surface area contributed by atoms with E-state index >= 15 is 0 Å². The van der Waals surface area contributed by atoms with Gasteiger partial charge >= 0.3 is 25.8 Å². The van der Waals surface area contributed by atoms with E-state index in [1.807, 2.05) is 19.9 Å². The topological polar surface area (TPSA) is 23.8 Å². The Balaban J connectivity index is -0.0000000409. The van der Waals surface area contributed by atoms with Crippen LogP contribution in [0.5, 0.6) is 0 Å². The van der Waals surface area contributed by atoms with Gasteiger partial charge in [0.1, 0.15) is 0 Å². The van der Waals surface area contributed by atoms with Crippen molar-refractivity contribution in [2.75, 3.05) is 0 Å². The average Bonchev–Trinajstić information content (AvgIpc) is 2.58. The second-order valence-electron chi connectivity index (χ2n) is 3.39. The van der Waals surface area contributed by atoms with Crippen LogP contribution in [-0.2, 0) is 25.8 Å². The maximum absolute atomic E-state index is 6.83. The van der Waals surface area contributed by atoms with Crippen molar-refractivity contribution in [3.8, 4) is 0 Å². The number of allylic oxidation sites excluding steroid dienone is 4. The first-order valence-electron chi connectivity index (χ1n) is 5.26. The van der Waals surface area contributed by atoms with Gasteiger partial charge in [-0.25, -0.2) is 11.6 Å². The van der Waals surface area contributed by atoms with Gasteiger partial charge in [-0.2, -0.15) is 6.08 Å². The van der Waals surface area contributed by atoms with E-state index in [1.54, 1.807) is 0 Å². The average molecular weight is 460 g/mol. The van der Waals surface area contributed by atoms with Crippen molar-refractivity contribution in [2.45, 2.75) is 52.7 Å². The van der Waals surface area contributed by atoms with Gasteiger partial charge in [0, 0.05) is 9.52 Å². The molecule has 1 unspecified atom stereocenters. The Kier molecular flexibility index (Phi) is 46.9. The molecule has 1 rings (SSSR count). The van der Waals surface area contributed by atoms with Gasteiger partial charge in [0.15, 0.2) is 0 Å². The monoisotopic (exact) mass is 460 g/mol. The number of rotatable bonds is 1. The summed E-state index contributed by atoms with van der Waals surface area (Å²) in [6.07, 6.45) is 9.21. The molecule has 1 N–H and O–H groups in total. The molecule has 0 aromatic carbocycles. The largest absolute Gasteiger partial charge is 4.00 e. The van der Waals surface area contributed by atoms with Gasteiger partial charge in [0.05, 0.1) is 0 Å². The van der Waals surface area contributed by atoms with Crippen molar-refractivity contribution in [3.63, 3.8) is 0 Å². The van der Waals surface area contributed by atoms with Crippen LogP contribution in [0.1, 0.15) is 33.6 Å². The molecule has 0 amide bonds. The van der Waals surface area contributed by atoms with E-state index in [9.17, 15) is 0 Å². The molecule has 99 valence electrons. The minimum absolute atomic E-state index is 0. The molecule has 0 heterocycles. The molecule has 0 aromatic heterocycles. The van der Waals surface area contributed by atoms with Crippen molar-refractivity contribution in [1.29, 1.82) is 0 Å². The maximum atomic E-state index is 6.83. The molecular weight excluding hydrogens is 436 g/mol. The van der Waals surface area contributed by atoms with Gasteiger partial charge in [-0.3, -0.25) is 6.08 Å². The Morgan fingerprint density at radius 3 is 1.82 bits per heavy atom. The number of hydrogen-bond acceptors (Lipinski definition) is 0. The third kappa shape index (κ3) is 38.2. The molecule has 0 aliphatic heterocycles. The molecule has 5 heteroatoms. The van der Waals surface area contributed by atoms with Gasteiger partial charge in [-0.15, -0.1) is 19.4 Å². The van der Waals surface area contributed by atoms with E-state index in [4.69, 9.17) is 5.73 Å². The third-order valence-corrected chi connectivity index (χ3v) is 1.48. The van der Waals surface area contributed by atoms with E-state index in [0.717, 1.165) is 22.4 Å². The summed E-state index contributed by atoms with van der Waals surface area (Å²) in [7, 11) is 0.750. The minimum Gasteiger partial charge on any atom is -1.00 e. The first-order valence-corrected chi connectivity index (χ1v) is 7.57. The zero-order valence-corrected chi connectivity index (χ0v) is 17.7. The van der Waals surface area contributed by atoms with Gasteiger partial charge in [-0.05, 0) is 0 Å². The zero-order valence-electron chi connectivity index (χ0n) is 11.5. The predicted molar refractivity (Wildman–Crippen MR) is 69.1 cm³/mol. The van der Waals surface area contributed by atoms with Gasteiger partial charge in [0.2, 0.25) is 0 Å². The van der Waals surface area contributed by atoms with Crippen LogP contribution in [0.25, 0.3) is 5.73 Å². The molecule has 17 heavy (non-hydrogen) atoms. The fourth-order valence-corrected chi connectivity index (χ4v) is 0.499. The SMILES string of the molecule is CC1=CC[C-]=C1.CCC(C)[NH-].C[SiH]C.[Cl-].[Cl-].[Hf+4]. The summed E-state index contributed by atoms with van der Waals surface area (Å²) in [4.78, 5) is 0. The van der Waals surface area contributed by atoms with Crippen LogP contribution >= 0.6 is 0 Å². The molecule has 1 aliphatic rings. The summed E-state index contributed by atoms with van der Waals surface area (Å²) in [6, 6.07) is 0.134. The van der Waals surface area contributed by atoms with Crippen LogP contribution in [0, 0.1) is 6.08 Å². The van der Waals surface area contributed by atoms with Crippen LogP contribution in [0.2, 0.25) is 13.1 Å². The molecular formula is C12H24Cl2HfNSi. The van der Waals surface area contributed by atoms with Crippen molar-refractivity contribution in [3.05, 3.63) is 29.5 Å². The van der Waals surface area contributed by atoms with E-state index in [0.29, 0.717) is 0 Å². The molecule has 0 fully saturated rings. The van der Waals surface area contributed by atoms with Gasteiger partial charge in [-0.1, -0.05) is 33.4 Å². The molecule has 0 spiro atoms. The summed E-state index contributed by atoms with van der Waals surface area (Å²) in [6.45, 7) is 10.4. The molecule has 0 saturated carbocycles. The Hall–Kier alpha value is 1.11. The Morgan fingerprint density at radius 1 is 1.41 bits per heavy atom. The van der Waals surface area contributed by atoms with E-state index < -0.39 is 0 Å². The zero-order chi connectivity index (χ0) is 11.4. The van der Waals surface area contributed by atoms with Crippen LogP contribution in [0.3, 0.4) is 0 Å². The molecule has 0 bridgehead atoms. The van der Waals surface area contributed by atoms with E-state index in [-0.39, 0.29) is 56.7 Å². The number of halogens is 2. The summed E-state index contributed by atoms with van der Waals surface area (Å²) in [5, 5.41) is 0. The van der Waals surface area contributed by atoms with Gasteiger partial charge in [0.25, 0.3) is 0 Å². The second-order valence-corrected chi connectivity index (χ2v) is 4.54. The van der Waals surface area contributed by atoms with Crippen LogP contribution < -0.4 is 24.8 Å². The summed E-state index contributed by atoms with van der Waals surface area (Å²) < 4.78 is 0. The summed E-state index contributed by atoms with van der Waals surface area (Å²) in [5.74, 6) is 0. The first kappa shape index (κ1) is 30.8. The Bertz CT molecular complexity index is 171. The Morgan fingerprint density at radius 2 is 1.76 bits per heavy atom. The summed E-state index contributed by atoms with van der Waals surface area (Å²) >= 11 is 0. The number of hydrogen-bond donors (Lipinski definition) is 0. The smallest absolute Gasteiger partial charge is 1.00 e. The van der Waals surface area contributed by atoms with E-state index in [1.165, 1.54) is 5.57 Å². The van der Waals surface area contributed by atoms with Gasteiger partial charge < -0.3 is 30.5 Å². The van der Waals surface area contributed by atoms with Crippen molar-refractivity contribution in [2.24, 2.45) is 0 Å². The molecule has 1 nitrogen and oxygen atoms in total. The molecule has 1 radical (unpaired) electrons. The maximum Gasteiger partial charge on any atom is 4.00 e. The minimum atomic E-state index is 0. The van der Waals surface area contributed by atoms with Crippen molar-refractivity contribution >= 4 is 9.52 Å². The quantitative estimate of drug-likeness (QED) is 0.322. The number of nitrogens with one attached hydrogen (secondary N) is 1. The molecule has 1 aliphatic carbocycles. The molecule has 0 aromatic rings. The molecule has 1 atom stereocenters. The van der Waals surface area contributed by atoms with Crippen molar-refractivity contribution < 1.29 is 50.7 Å². The predicted octanol–water partition coefficient (Wildman–Crippen LogP) is -1.94. The molecule has 0 saturated heterocycles. The van der Waals surface area contributed by atoms with E-state index in [2.05, 4.69) is 32.2 Å². The summed E-state index contributed by atoms with van der Waals surface area (Å²) in [5.41, 5.74) is 8.17. The fourth-order valence-electron chi connectivity index (χ4n) is 0.499. The van der Waals surface area contributed by atoms with Crippen LogP contribution in [0.15, 0.2) is 17.7 Å². The van der Waals surface area contributed by atoms with Crippen LogP contribution in [0.4, 0.5) is 0 Å².